The van der Waals surface area contributed by atoms with Gasteiger partial charge in [0.25, 0.3) is 0 Å². The van der Waals surface area contributed by atoms with E-state index in [1.165, 1.54) is 11.1 Å². The monoisotopic (exact) mass is 246 g/mol. The smallest absolute Gasteiger partial charge is 0.0759 e. The normalized spacial score (nSPS) is 27.8. The van der Waals surface area contributed by atoms with Gasteiger partial charge in [-0.15, -0.1) is 0 Å². The molecule has 2 rings (SSSR count). The molecule has 18 heavy (non-hydrogen) atoms. The van der Waals surface area contributed by atoms with Crippen LogP contribution in [0.1, 0.15) is 32.3 Å². The summed E-state index contributed by atoms with van der Waals surface area (Å²) in [7, 11) is 0. The van der Waals surface area contributed by atoms with E-state index in [1.807, 2.05) is 18.2 Å². The molecule has 1 heterocycles. The summed E-state index contributed by atoms with van der Waals surface area (Å²) in [5, 5.41) is 9.77. The van der Waals surface area contributed by atoms with Gasteiger partial charge < -0.3 is 9.84 Å². The van der Waals surface area contributed by atoms with Crippen LogP contribution >= 0.6 is 0 Å². The van der Waals surface area contributed by atoms with Crippen LogP contribution < -0.4 is 0 Å². The molecule has 1 aromatic carbocycles. The van der Waals surface area contributed by atoms with Crippen molar-refractivity contribution in [3.8, 4) is 0 Å². The molecule has 0 amide bonds. The van der Waals surface area contributed by atoms with Crippen LogP contribution in [0.2, 0.25) is 0 Å². The lowest BCUT2D eigenvalue weighted by molar-refractivity contribution is -0.0266. The van der Waals surface area contributed by atoms with Crippen molar-refractivity contribution in [2.75, 3.05) is 13.2 Å². The summed E-state index contributed by atoms with van der Waals surface area (Å²) in [5.74, 6) is 0. The molecule has 2 nitrogen and oxygen atoms in total. The average molecular weight is 246 g/mol. The van der Waals surface area contributed by atoms with E-state index in [4.69, 9.17) is 4.74 Å². The molecular weight excluding hydrogens is 224 g/mol. The molecule has 0 spiro atoms. The highest BCUT2D eigenvalue weighted by atomic mass is 16.5. The second-order valence-electron chi connectivity index (χ2n) is 5.44. The van der Waals surface area contributed by atoms with Crippen molar-refractivity contribution in [2.24, 2.45) is 0 Å². The van der Waals surface area contributed by atoms with E-state index in [0.29, 0.717) is 6.61 Å². The van der Waals surface area contributed by atoms with Crippen LogP contribution in [0, 0.1) is 0 Å². The molecule has 1 N–H and O–H groups in total. The Morgan fingerprint density at radius 1 is 1.39 bits per heavy atom. The van der Waals surface area contributed by atoms with E-state index >= 15 is 0 Å². The molecule has 1 aromatic rings. The highest BCUT2D eigenvalue weighted by molar-refractivity contribution is 5.26. The maximum absolute atomic E-state index is 9.77. The van der Waals surface area contributed by atoms with E-state index < -0.39 is 0 Å². The molecule has 2 heteroatoms. The first-order valence-electron chi connectivity index (χ1n) is 6.59. The summed E-state index contributed by atoms with van der Waals surface area (Å²) in [6, 6.07) is 10.2. The van der Waals surface area contributed by atoms with Gasteiger partial charge in [0.1, 0.15) is 0 Å². The van der Waals surface area contributed by atoms with Crippen LogP contribution in [-0.4, -0.2) is 24.4 Å². The fourth-order valence-electron chi connectivity index (χ4n) is 2.58. The first kappa shape index (κ1) is 13.3. The summed E-state index contributed by atoms with van der Waals surface area (Å²) in [6.07, 6.45) is 4.33. The van der Waals surface area contributed by atoms with Crippen molar-refractivity contribution in [3.05, 3.63) is 47.5 Å². The van der Waals surface area contributed by atoms with Gasteiger partial charge in [0.15, 0.2) is 0 Å². The number of hydrogen-bond donors (Lipinski definition) is 1. The summed E-state index contributed by atoms with van der Waals surface area (Å²) >= 11 is 0. The number of aliphatic hydroxyl groups excluding tert-OH is 1. The minimum Gasteiger partial charge on any atom is -0.395 e. The Bertz CT molecular complexity index is 396. The Morgan fingerprint density at radius 2 is 2.11 bits per heavy atom. The van der Waals surface area contributed by atoms with Gasteiger partial charge >= 0.3 is 0 Å². The average Bonchev–Trinajstić information content (AvgIpc) is 2.40. The van der Waals surface area contributed by atoms with Crippen molar-refractivity contribution < 1.29 is 9.84 Å². The Kier molecular flexibility index (Phi) is 4.20. The van der Waals surface area contributed by atoms with Crippen LogP contribution in [0.5, 0.6) is 0 Å². The van der Waals surface area contributed by atoms with Crippen molar-refractivity contribution in [1.29, 1.82) is 0 Å². The standard InChI is InChI=1S/C16H22O2/c1-13(2)10-15-8-9-16(11-17,12-18-15)14-6-4-3-5-7-14/h3-7,10,15,17H,8-9,11-12H2,1-2H3/t15-,16+/m0/s1. The van der Waals surface area contributed by atoms with Crippen LogP contribution in [0.15, 0.2) is 42.0 Å². The van der Waals surface area contributed by atoms with Gasteiger partial charge in [-0.1, -0.05) is 42.0 Å². The summed E-state index contributed by atoms with van der Waals surface area (Å²) in [6.45, 7) is 4.93. The Balaban J connectivity index is 2.12. The van der Waals surface area contributed by atoms with Gasteiger partial charge in [0.05, 0.1) is 19.3 Å². The van der Waals surface area contributed by atoms with Gasteiger partial charge in [-0.3, -0.25) is 0 Å². The van der Waals surface area contributed by atoms with E-state index in [9.17, 15) is 5.11 Å². The van der Waals surface area contributed by atoms with E-state index in [0.717, 1.165) is 12.8 Å². The third kappa shape index (κ3) is 2.82. The molecule has 0 saturated carbocycles. The maximum Gasteiger partial charge on any atom is 0.0759 e. The van der Waals surface area contributed by atoms with Gasteiger partial charge in [0.2, 0.25) is 0 Å². The first-order valence-corrected chi connectivity index (χ1v) is 6.59. The summed E-state index contributed by atoms with van der Waals surface area (Å²) in [4.78, 5) is 0. The molecule has 1 aliphatic rings. The molecule has 0 bridgehead atoms. The predicted octanol–water partition coefficient (Wildman–Crippen LogP) is 3.06. The number of benzene rings is 1. The highest BCUT2D eigenvalue weighted by Crippen LogP contribution is 2.35. The summed E-state index contributed by atoms with van der Waals surface area (Å²) in [5.41, 5.74) is 2.26. The molecule has 0 aromatic heterocycles. The molecule has 0 unspecified atom stereocenters. The number of hydrogen-bond acceptors (Lipinski definition) is 2. The Labute approximate surface area is 109 Å². The molecule has 1 fully saturated rings. The highest BCUT2D eigenvalue weighted by Gasteiger charge is 2.36. The lowest BCUT2D eigenvalue weighted by Gasteiger charge is -2.38. The van der Waals surface area contributed by atoms with Crippen molar-refractivity contribution >= 4 is 0 Å². The lowest BCUT2D eigenvalue weighted by Crippen LogP contribution is -2.42. The molecule has 98 valence electrons. The number of aliphatic hydroxyl groups is 1. The minimum absolute atomic E-state index is 0.151. The largest absolute Gasteiger partial charge is 0.395 e. The van der Waals surface area contributed by atoms with Gasteiger partial charge in [-0.25, -0.2) is 0 Å². The van der Waals surface area contributed by atoms with Gasteiger partial charge in [-0.2, -0.15) is 0 Å². The SMILES string of the molecule is CC(C)=C[C@@H]1CC[C@](CO)(c2ccccc2)CO1. The third-order valence-corrected chi connectivity index (χ3v) is 3.69. The van der Waals surface area contributed by atoms with Gasteiger partial charge in [-0.05, 0) is 32.3 Å². The first-order chi connectivity index (χ1) is 8.66. The fourth-order valence-corrected chi connectivity index (χ4v) is 2.58. The van der Waals surface area contributed by atoms with Crippen LogP contribution in [0.4, 0.5) is 0 Å². The Morgan fingerprint density at radius 3 is 2.61 bits per heavy atom. The van der Waals surface area contributed by atoms with Crippen LogP contribution in [0.25, 0.3) is 0 Å². The van der Waals surface area contributed by atoms with Gasteiger partial charge in [0, 0.05) is 5.41 Å². The molecule has 2 atom stereocenters. The molecule has 1 aliphatic heterocycles. The summed E-state index contributed by atoms with van der Waals surface area (Å²) < 4.78 is 5.91. The fraction of sp³-hybridized carbons (Fsp3) is 0.500. The molecule has 1 saturated heterocycles. The minimum atomic E-state index is -0.215. The Hall–Kier alpha value is -1.12. The third-order valence-electron chi connectivity index (χ3n) is 3.69. The maximum atomic E-state index is 9.77. The van der Waals surface area contributed by atoms with Crippen LogP contribution in [0.3, 0.4) is 0 Å². The van der Waals surface area contributed by atoms with Crippen molar-refractivity contribution in [1.82, 2.24) is 0 Å². The second kappa shape index (κ2) is 5.68. The molecular formula is C16H22O2. The molecule has 0 aliphatic carbocycles. The van der Waals surface area contributed by atoms with Crippen LogP contribution in [-0.2, 0) is 10.2 Å². The predicted molar refractivity (Wildman–Crippen MR) is 73.6 cm³/mol. The second-order valence-corrected chi connectivity index (χ2v) is 5.44. The zero-order valence-electron chi connectivity index (χ0n) is 11.2. The number of rotatable bonds is 3. The zero-order valence-corrected chi connectivity index (χ0v) is 11.2. The topological polar surface area (TPSA) is 29.5 Å². The van der Waals surface area contributed by atoms with E-state index in [2.05, 4.69) is 32.1 Å². The van der Waals surface area contributed by atoms with Crippen molar-refractivity contribution in [3.63, 3.8) is 0 Å². The van der Waals surface area contributed by atoms with Crippen molar-refractivity contribution in [2.45, 2.75) is 38.2 Å². The molecule has 0 radical (unpaired) electrons. The lowest BCUT2D eigenvalue weighted by atomic mass is 9.76. The van der Waals surface area contributed by atoms with E-state index in [-0.39, 0.29) is 18.1 Å². The van der Waals surface area contributed by atoms with E-state index in [1.54, 1.807) is 0 Å². The number of allylic oxidation sites excluding steroid dienone is 1. The number of ether oxygens (including phenoxy) is 1. The zero-order chi connectivity index (χ0) is 13.0. The quantitative estimate of drug-likeness (QED) is 0.831.